The van der Waals surface area contributed by atoms with Crippen LogP contribution < -0.4 is 5.32 Å². The second-order valence-electron chi connectivity index (χ2n) is 5.46. The molecule has 0 bridgehead atoms. The molecular weight excluding hydrogens is 338 g/mol. The lowest BCUT2D eigenvalue weighted by Crippen LogP contribution is -2.15. The molecule has 0 fully saturated rings. The third kappa shape index (κ3) is 4.37. The number of rotatable bonds is 5. The maximum absolute atomic E-state index is 12.1. The van der Waals surface area contributed by atoms with Crippen molar-refractivity contribution in [1.29, 1.82) is 5.26 Å². The highest BCUT2D eigenvalue weighted by Gasteiger charge is 2.14. The zero-order valence-electron chi connectivity index (χ0n) is 14.1. The number of carboxylic acid groups (broad SMARTS) is 1. The first kappa shape index (κ1) is 18.5. The fourth-order valence-electron chi connectivity index (χ4n) is 2.21. The van der Waals surface area contributed by atoms with Gasteiger partial charge in [0.25, 0.3) is 0 Å². The molecule has 0 spiro atoms. The van der Waals surface area contributed by atoms with Crippen molar-refractivity contribution >= 4 is 29.3 Å². The molecule has 2 N–H and O–H groups in total. The number of aromatic carboxylic acids is 1. The number of carboxylic acids is 1. The molecule has 25 heavy (non-hydrogen) atoms. The molecule has 2 rings (SSSR count). The van der Waals surface area contributed by atoms with E-state index in [1.165, 1.54) is 23.9 Å². The van der Waals surface area contributed by atoms with Gasteiger partial charge in [-0.05, 0) is 50.1 Å². The zero-order chi connectivity index (χ0) is 18.6. The van der Waals surface area contributed by atoms with Gasteiger partial charge < -0.3 is 10.4 Å². The first-order chi connectivity index (χ1) is 11.8. The number of carbonyl (C=O) groups is 2. The lowest BCUT2D eigenvalue weighted by Gasteiger charge is -2.11. The van der Waals surface area contributed by atoms with Crippen molar-refractivity contribution in [2.45, 2.75) is 25.8 Å². The third-order valence-electron chi connectivity index (χ3n) is 3.81. The van der Waals surface area contributed by atoms with Gasteiger partial charge in [-0.2, -0.15) is 5.26 Å². The van der Waals surface area contributed by atoms with Crippen molar-refractivity contribution < 1.29 is 14.7 Å². The SMILES string of the molecule is Cc1nc(SCC(=O)Nc2cccc(C(=O)O)c2)c(C#N)c(C)c1C. The molecule has 0 unspecified atom stereocenters. The van der Waals surface area contributed by atoms with E-state index >= 15 is 0 Å². The molecular formula is C18H17N3O3S. The molecule has 0 saturated carbocycles. The highest BCUT2D eigenvalue weighted by atomic mass is 32.2. The number of hydrogen-bond acceptors (Lipinski definition) is 5. The van der Waals surface area contributed by atoms with Crippen LogP contribution in [0.15, 0.2) is 29.3 Å². The molecule has 1 aromatic carbocycles. The van der Waals surface area contributed by atoms with Crippen LogP contribution in [-0.2, 0) is 4.79 Å². The van der Waals surface area contributed by atoms with Gasteiger partial charge in [0.1, 0.15) is 11.1 Å². The minimum Gasteiger partial charge on any atom is -0.478 e. The minimum atomic E-state index is -1.06. The monoisotopic (exact) mass is 355 g/mol. The summed E-state index contributed by atoms with van der Waals surface area (Å²) in [6, 6.07) is 8.17. The van der Waals surface area contributed by atoms with Crippen LogP contribution in [0.1, 0.15) is 32.7 Å². The summed E-state index contributed by atoms with van der Waals surface area (Å²) in [5, 5.41) is 21.5. The summed E-state index contributed by atoms with van der Waals surface area (Å²) < 4.78 is 0. The van der Waals surface area contributed by atoms with Crippen LogP contribution in [-0.4, -0.2) is 27.7 Å². The number of nitriles is 1. The Morgan fingerprint density at radius 2 is 2.00 bits per heavy atom. The van der Waals surface area contributed by atoms with Gasteiger partial charge >= 0.3 is 5.97 Å². The van der Waals surface area contributed by atoms with E-state index in [1.807, 2.05) is 20.8 Å². The molecule has 128 valence electrons. The Labute approximate surface area is 149 Å². The molecule has 0 atom stereocenters. The fraction of sp³-hybridized carbons (Fsp3) is 0.222. The summed E-state index contributed by atoms with van der Waals surface area (Å²) in [6.07, 6.45) is 0. The van der Waals surface area contributed by atoms with Gasteiger partial charge in [0, 0.05) is 11.4 Å². The number of nitrogens with zero attached hydrogens (tertiary/aromatic N) is 2. The summed E-state index contributed by atoms with van der Waals surface area (Å²) in [5.74, 6) is -1.28. The Bertz CT molecular complexity index is 888. The van der Waals surface area contributed by atoms with Crippen molar-refractivity contribution in [1.82, 2.24) is 4.98 Å². The number of anilines is 1. The zero-order valence-corrected chi connectivity index (χ0v) is 14.9. The number of aryl methyl sites for hydroxylation is 1. The molecule has 0 radical (unpaired) electrons. The van der Waals surface area contributed by atoms with E-state index in [0.717, 1.165) is 16.8 Å². The molecule has 1 aromatic heterocycles. The molecule has 6 nitrogen and oxygen atoms in total. The van der Waals surface area contributed by atoms with E-state index in [-0.39, 0.29) is 17.2 Å². The molecule has 1 amide bonds. The first-order valence-electron chi connectivity index (χ1n) is 7.47. The van der Waals surface area contributed by atoms with Crippen molar-refractivity contribution in [3.05, 3.63) is 52.2 Å². The van der Waals surface area contributed by atoms with E-state index in [9.17, 15) is 14.9 Å². The molecule has 0 saturated heterocycles. The number of benzene rings is 1. The maximum Gasteiger partial charge on any atom is 0.335 e. The maximum atomic E-state index is 12.1. The van der Waals surface area contributed by atoms with Crippen LogP contribution in [0.4, 0.5) is 5.69 Å². The van der Waals surface area contributed by atoms with Crippen LogP contribution >= 0.6 is 11.8 Å². The average Bonchev–Trinajstić information content (AvgIpc) is 2.58. The normalized spacial score (nSPS) is 10.2. The van der Waals surface area contributed by atoms with E-state index in [0.29, 0.717) is 16.3 Å². The lowest BCUT2D eigenvalue weighted by molar-refractivity contribution is -0.113. The van der Waals surface area contributed by atoms with Gasteiger partial charge in [-0.25, -0.2) is 9.78 Å². The van der Waals surface area contributed by atoms with Gasteiger partial charge in [0.15, 0.2) is 0 Å². The van der Waals surface area contributed by atoms with Gasteiger partial charge in [0.2, 0.25) is 5.91 Å². The first-order valence-corrected chi connectivity index (χ1v) is 8.46. The van der Waals surface area contributed by atoms with Crippen LogP contribution in [0.3, 0.4) is 0 Å². The fourth-order valence-corrected chi connectivity index (χ4v) is 3.09. The van der Waals surface area contributed by atoms with E-state index < -0.39 is 5.97 Å². The number of nitrogens with one attached hydrogen (secondary N) is 1. The van der Waals surface area contributed by atoms with Crippen LogP contribution in [0, 0.1) is 32.1 Å². The molecule has 2 aromatic rings. The molecule has 0 aliphatic carbocycles. The highest BCUT2D eigenvalue weighted by molar-refractivity contribution is 8.00. The van der Waals surface area contributed by atoms with Crippen molar-refractivity contribution in [2.24, 2.45) is 0 Å². The lowest BCUT2D eigenvalue weighted by atomic mass is 10.1. The second-order valence-corrected chi connectivity index (χ2v) is 6.43. The van der Waals surface area contributed by atoms with Gasteiger partial charge in [-0.1, -0.05) is 17.8 Å². The summed E-state index contributed by atoms with van der Waals surface area (Å²) >= 11 is 1.18. The van der Waals surface area contributed by atoms with Gasteiger partial charge in [0.05, 0.1) is 16.9 Å². The van der Waals surface area contributed by atoms with E-state index in [2.05, 4.69) is 16.4 Å². The van der Waals surface area contributed by atoms with Gasteiger partial charge in [-0.15, -0.1) is 0 Å². The Morgan fingerprint density at radius 1 is 1.28 bits per heavy atom. The van der Waals surface area contributed by atoms with Crippen LogP contribution in [0.5, 0.6) is 0 Å². The van der Waals surface area contributed by atoms with Gasteiger partial charge in [-0.3, -0.25) is 4.79 Å². The number of pyridine rings is 1. The summed E-state index contributed by atoms with van der Waals surface area (Å²) in [5.41, 5.74) is 3.66. The third-order valence-corrected chi connectivity index (χ3v) is 4.78. The quantitative estimate of drug-likeness (QED) is 0.798. The molecule has 7 heteroatoms. The molecule has 0 aliphatic rings. The minimum absolute atomic E-state index is 0.0704. The Morgan fingerprint density at radius 3 is 2.64 bits per heavy atom. The predicted octanol–water partition coefficient (Wildman–Crippen LogP) is 3.31. The number of thioether (sulfide) groups is 1. The summed E-state index contributed by atoms with van der Waals surface area (Å²) in [4.78, 5) is 27.5. The van der Waals surface area contributed by atoms with Crippen LogP contribution in [0.2, 0.25) is 0 Å². The average molecular weight is 355 g/mol. The number of carbonyl (C=O) groups excluding carboxylic acids is 1. The molecule has 0 aliphatic heterocycles. The number of amides is 1. The smallest absolute Gasteiger partial charge is 0.335 e. The predicted molar refractivity (Wildman–Crippen MR) is 95.9 cm³/mol. The summed E-state index contributed by atoms with van der Waals surface area (Å²) in [6.45, 7) is 5.64. The van der Waals surface area contributed by atoms with E-state index in [4.69, 9.17) is 5.11 Å². The molecule has 1 heterocycles. The van der Waals surface area contributed by atoms with Crippen LogP contribution in [0.25, 0.3) is 0 Å². The Balaban J connectivity index is 2.10. The topological polar surface area (TPSA) is 103 Å². The number of hydrogen-bond donors (Lipinski definition) is 2. The Kier molecular flexibility index (Phi) is 5.78. The Hall–Kier alpha value is -2.85. The van der Waals surface area contributed by atoms with Crippen molar-refractivity contribution in [2.75, 3.05) is 11.1 Å². The standard InChI is InChI=1S/C18H17N3O3S/c1-10-11(2)15(8-19)17(20-12(10)3)25-9-16(22)21-14-6-4-5-13(7-14)18(23)24/h4-7H,9H2,1-3H3,(H,21,22)(H,23,24). The number of aromatic nitrogens is 1. The van der Waals surface area contributed by atoms with Crippen molar-refractivity contribution in [3.63, 3.8) is 0 Å². The van der Waals surface area contributed by atoms with E-state index in [1.54, 1.807) is 12.1 Å². The largest absolute Gasteiger partial charge is 0.478 e. The highest BCUT2D eigenvalue weighted by Crippen LogP contribution is 2.26. The van der Waals surface area contributed by atoms with Crippen molar-refractivity contribution in [3.8, 4) is 6.07 Å². The second kappa shape index (κ2) is 7.81. The summed E-state index contributed by atoms with van der Waals surface area (Å²) in [7, 11) is 0.